The summed E-state index contributed by atoms with van der Waals surface area (Å²) >= 11 is 0. The maximum absolute atomic E-state index is 5.72. The zero-order valence-corrected chi connectivity index (χ0v) is 12.5. The van der Waals surface area contributed by atoms with E-state index in [-0.39, 0.29) is 0 Å². The molecule has 3 heteroatoms. The van der Waals surface area contributed by atoms with Crippen LogP contribution in [-0.4, -0.2) is 13.2 Å². The summed E-state index contributed by atoms with van der Waals surface area (Å²) in [6.45, 7) is 7.62. The molecule has 0 saturated heterocycles. The molecule has 1 rings (SSSR count). The van der Waals surface area contributed by atoms with E-state index in [0.29, 0.717) is 6.61 Å². The van der Waals surface area contributed by atoms with Crippen molar-refractivity contribution in [3.63, 3.8) is 0 Å². The Bertz CT molecular complexity index is 309. The molecule has 1 heterocycles. The van der Waals surface area contributed by atoms with Gasteiger partial charge in [0, 0.05) is 12.2 Å². The molecule has 0 aromatic carbocycles. The summed E-state index contributed by atoms with van der Waals surface area (Å²) in [4.78, 5) is 0. The minimum absolute atomic E-state index is 0.673. The molecule has 0 spiro atoms. The molecule has 0 bridgehead atoms. The molecule has 0 atom stereocenters. The van der Waals surface area contributed by atoms with Gasteiger partial charge in [0.2, 0.25) is 0 Å². The largest absolute Gasteiger partial charge is 0.468 e. The van der Waals surface area contributed by atoms with E-state index in [0.717, 1.165) is 25.5 Å². The molecule has 1 N–H and O–H groups in total. The highest BCUT2D eigenvalue weighted by molar-refractivity contribution is 5.15. The second-order valence-electron chi connectivity index (χ2n) is 4.97. The maximum Gasteiger partial charge on any atom is 0.123 e. The topological polar surface area (TPSA) is 34.4 Å². The van der Waals surface area contributed by atoms with Crippen molar-refractivity contribution < 1.29 is 9.15 Å². The summed E-state index contributed by atoms with van der Waals surface area (Å²) in [5.74, 6) is 1.00. The number of hydrogen-bond donors (Lipinski definition) is 1. The Labute approximate surface area is 117 Å². The molecule has 110 valence electrons. The van der Waals surface area contributed by atoms with Crippen molar-refractivity contribution in [2.24, 2.45) is 0 Å². The van der Waals surface area contributed by atoms with Gasteiger partial charge in [0.15, 0.2) is 0 Å². The van der Waals surface area contributed by atoms with Crippen LogP contribution in [0.2, 0.25) is 0 Å². The van der Waals surface area contributed by atoms with Gasteiger partial charge < -0.3 is 14.5 Å². The first kappa shape index (κ1) is 16.3. The van der Waals surface area contributed by atoms with Gasteiger partial charge in [-0.1, -0.05) is 46.0 Å². The normalized spacial score (nSPS) is 11.1. The Morgan fingerprint density at radius 1 is 1.11 bits per heavy atom. The zero-order valence-electron chi connectivity index (χ0n) is 12.5. The van der Waals surface area contributed by atoms with E-state index in [4.69, 9.17) is 9.15 Å². The van der Waals surface area contributed by atoms with E-state index >= 15 is 0 Å². The first-order valence-electron chi connectivity index (χ1n) is 7.72. The Balaban J connectivity index is 2.04. The monoisotopic (exact) mass is 267 g/mol. The van der Waals surface area contributed by atoms with Gasteiger partial charge in [-0.25, -0.2) is 0 Å². The van der Waals surface area contributed by atoms with Crippen LogP contribution in [-0.2, 0) is 17.9 Å². The minimum Gasteiger partial charge on any atom is -0.468 e. The third-order valence-corrected chi connectivity index (χ3v) is 3.27. The predicted octanol–water partition coefficient (Wildman–Crippen LogP) is 4.27. The van der Waals surface area contributed by atoms with Crippen molar-refractivity contribution in [1.82, 2.24) is 5.32 Å². The average Bonchev–Trinajstić information content (AvgIpc) is 2.87. The van der Waals surface area contributed by atoms with E-state index in [1.807, 2.05) is 6.07 Å². The number of nitrogens with one attached hydrogen (secondary N) is 1. The third kappa shape index (κ3) is 7.38. The molecule has 3 nitrogen and oxygen atoms in total. The molecule has 0 amide bonds. The van der Waals surface area contributed by atoms with Gasteiger partial charge >= 0.3 is 0 Å². The van der Waals surface area contributed by atoms with E-state index in [1.54, 1.807) is 6.26 Å². The smallest absolute Gasteiger partial charge is 0.123 e. The van der Waals surface area contributed by atoms with Crippen LogP contribution < -0.4 is 5.32 Å². The van der Waals surface area contributed by atoms with Crippen LogP contribution in [0.4, 0.5) is 0 Å². The lowest BCUT2D eigenvalue weighted by molar-refractivity contribution is 0.115. The first-order chi connectivity index (χ1) is 9.38. The predicted molar refractivity (Wildman–Crippen MR) is 79.1 cm³/mol. The Morgan fingerprint density at radius 3 is 2.68 bits per heavy atom. The Kier molecular flexibility index (Phi) is 9.46. The van der Waals surface area contributed by atoms with Crippen LogP contribution in [0, 0.1) is 0 Å². The van der Waals surface area contributed by atoms with Crippen LogP contribution in [0.3, 0.4) is 0 Å². The average molecular weight is 267 g/mol. The number of unbranched alkanes of at least 4 members (excludes halogenated alkanes) is 5. The summed E-state index contributed by atoms with van der Waals surface area (Å²) < 4.78 is 11.2. The quantitative estimate of drug-likeness (QED) is 0.574. The summed E-state index contributed by atoms with van der Waals surface area (Å²) in [6, 6.07) is 2.01. The van der Waals surface area contributed by atoms with Crippen LogP contribution in [0.1, 0.15) is 63.7 Å². The summed E-state index contributed by atoms with van der Waals surface area (Å²) in [5, 5.41) is 3.27. The third-order valence-electron chi connectivity index (χ3n) is 3.27. The van der Waals surface area contributed by atoms with Gasteiger partial charge in [0.25, 0.3) is 0 Å². The van der Waals surface area contributed by atoms with Gasteiger partial charge in [0.1, 0.15) is 5.76 Å². The van der Waals surface area contributed by atoms with Gasteiger partial charge in [-0.3, -0.25) is 0 Å². The number of ether oxygens (including phenoxy) is 1. The van der Waals surface area contributed by atoms with Crippen LogP contribution in [0.15, 0.2) is 16.7 Å². The lowest BCUT2D eigenvalue weighted by Crippen LogP contribution is -2.12. The number of rotatable bonds is 12. The highest BCUT2D eigenvalue weighted by Crippen LogP contribution is 2.12. The lowest BCUT2D eigenvalue weighted by Gasteiger charge is -2.05. The van der Waals surface area contributed by atoms with Gasteiger partial charge in [-0.2, -0.15) is 0 Å². The molecule has 0 saturated carbocycles. The molecule has 0 unspecified atom stereocenters. The molecule has 0 aliphatic rings. The zero-order chi connectivity index (χ0) is 13.8. The minimum atomic E-state index is 0.673. The van der Waals surface area contributed by atoms with Crippen molar-refractivity contribution in [2.75, 3.05) is 13.2 Å². The van der Waals surface area contributed by atoms with E-state index < -0.39 is 0 Å². The SMILES string of the molecule is CCCCCCCCOCc1ccoc1CNCC. The van der Waals surface area contributed by atoms with Gasteiger partial charge in [-0.15, -0.1) is 0 Å². The summed E-state index contributed by atoms with van der Waals surface area (Å²) in [5.41, 5.74) is 1.17. The van der Waals surface area contributed by atoms with Crippen LogP contribution in [0.5, 0.6) is 0 Å². The van der Waals surface area contributed by atoms with Crippen molar-refractivity contribution in [2.45, 2.75) is 65.5 Å². The highest BCUT2D eigenvalue weighted by atomic mass is 16.5. The van der Waals surface area contributed by atoms with E-state index in [2.05, 4.69) is 19.2 Å². The fraction of sp³-hybridized carbons (Fsp3) is 0.750. The van der Waals surface area contributed by atoms with Crippen molar-refractivity contribution >= 4 is 0 Å². The molecular weight excluding hydrogens is 238 g/mol. The molecular formula is C16H29NO2. The fourth-order valence-corrected chi connectivity index (χ4v) is 2.06. The molecule has 0 aliphatic carbocycles. The van der Waals surface area contributed by atoms with Gasteiger partial charge in [-0.05, 0) is 19.0 Å². The van der Waals surface area contributed by atoms with E-state index in [1.165, 1.54) is 44.1 Å². The standard InChI is InChI=1S/C16H29NO2/c1-3-5-6-7-8-9-11-18-14-15-10-12-19-16(15)13-17-4-2/h10,12,17H,3-9,11,13-14H2,1-2H3. The fourth-order valence-electron chi connectivity index (χ4n) is 2.06. The molecule has 0 aliphatic heterocycles. The first-order valence-corrected chi connectivity index (χ1v) is 7.72. The molecule has 19 heavy (non-hydrogen) atoms. The summed E-state index contributed by atoms with van der Waals surface area (Å²) in [6.07, 6.45) is 9.59. The second kappa shape index (κ2) is 11.1. The Morgan fingerprint density at radius 2 is 1.89 bits per heavy atom. The Hall–Kier alpha value is -0.800. The molecule has 0 radical (unpaired) electrons. The van der Waals surface area contributed by atoms with Crippen molar-refractivity contribution in [1.29, 1.82) is 0 Å². The van der Waals surface area contributed by atoms with Gasteiger partial charge in [0.05, 0.1) is 19.4 Å². The highest BCUT2D eigenvalue weighted by Gasteiger charge is 2.05. The molecule has 0 fully saturated rings. The lowest BCUT2D eigenvalue weighted by atomic mass is 10.1. The van der Waals surface area contributed by atoms with Crippen molar-refractivity contribution in [3.8, 4) is 0 Å². The molecule has 1 aromatic rings. The van der Waals surface area contributed by atoms with E-state index in [9.17, 15) is 0 Å². The molecule has 1 aromatic heterocycles. The van der Waals surface area contributed by atoms with Crippen LogP contribution in [0.25, 0.3) is 0 Å². The van der Waals surface area contributed by atoms with Crippen LogP contribution >= 0.6 is 0 Å². The number of hydrogen-bond acceptors (Lipinski definition) is 3. The maximum atomic E-state index is 5.72. The summed E-state index contributed by atoms with van der Waals surface area (Å²) in [7, 11) is 0. The second-order valence-corrected chi connectivity index (χ2v) is 4.97. The number of furan rings is 1. The van der Waals surface area contributed by atoms with Crippen molar-refractivity contribution in [3.05, 3.63) is 23.7 Å².